The van der Waals surface area contributed by atoms with Crippen LogP contribution in [0.3, 0.4) is 0 Å². The summed E-state index contributed by atoms with van der Waals surface area (Å²) in [5.74, 6) is 0.761. The molecular weight excluding hydrogens is 302 g/mol. The van der Waals surface area contributed by atoms with Crippen LogP contribution in [0.25, 0.3) is 0 Å². The number of hydrogen-bond acceptors (Lipinski definition) is 4. The number of carbonyl (C=O) groups is 1. The molecule has 0 N–H and O–H groups in total. The molecule has 1 aromatic heterocycles. The van der Waals surface area contributed by atoms with E-state index in [1.165, 1.54) is 6.20 Å². The van der Waals surface area contributed by atoms with Gasteiger partial charge in [0.25, 0.3) is 0 Å². The number of carbonyl (C=O) groups excluding carboxylic acids is 1. The van der Waals surface area contributed by atoms with Crippen LogP contribution in [0.5, 0.6) is 5.75 Å². The summed E-state index contributed by atoms with van der Waals surface area (Å²) in [5, 5.41) is 9.28. The number of amides is 1. The second-order valence-corrected chi connectivity index (χ2v) is 8.03. The van der Waals surface area contributed by atoms with E-state index in [0.717, 1.165) is 18.4 Å². The number of likely N-dealkylation sites (tertiary alicyclic amines) is 1. The molecule has 2 bridgehead atoms. The predicted molar refractivity (Wildman–Crippen MR) is 90.3 cm³/mol. The number of pyridine rings is 1. The highest BCUT2D eigenvalue weighted by Gasteiger charge is 2.50. The average molecular weight is 327 g/mol. The highest BCUT2D eigenvalue weighted by atomic mass is 16.5. The van der Waals surface area contributed by atoms with Crippen molar-refractivity contribution in [3.63, 3.8) is 0 Å². The van der Waals surface area contributed by atoms with Crippen LogP contribution in [0.2, 0.25) is 0 Å². The van der Waals surface area contributed by atoms with Crippen molar-refractivity contribution >= 4 is 5.91 Å². The third-order valence-electron chi connectivity index (χ3n) is 6.32. The highest BCUT2D eigenvalue weighted by molar-refractivity contribution is 5.84. The zero-order valence-corrected chi connectivity index (χ0v) is 15.1. The van der Waals surface area contributed by atoms with E-state index in [4.69, 9.17) is 4.74 Å². The van der Waals surface area contributed by atoms with Crippen molar-refractivity contribution in [2.45, 2.75) is 59.6 Å². The van der Waals surface area contributed by atoms with Crippen LogP contribution in [-0.4, -0.2) is 28.4 Å². The van der Waals surface area contributed by atoms with Gasteiger partial charge >= 0.3 is 0 Å². The number of nitrogens with zero attached hydrogens (tertiary/aromatic N) is 3. The number of ether oxygens (including phenoxy) is 1. The molecule has 3 heterocycles. The fourth-order valence-corrected chi connectivity index (χ4v) is 3.57. The van der Waals surface area contributed by atoms with Crippen molar-refractivity contribution < 1.29 is 9.53 Å². The number of rotatable bonds is 3. The third-order valence-corrected chi connectivity index (χ3v) is 6.32. The zero-order chi connectivity index (χ0) is 17.7. The van der Waals surface area contributed by atoms with E-state index in [1.54, 1.807) is 6.20 Å². The van der Waals surface area contributed by atoms with Crippen molar-refractivity contribution in [1.29, 1.82) is 5.26 Å². The lowest BCUT2D eigenvalue weighted by molar-refractivity contribution is -0.148. The molecule has 1 fully saturated rings. The molecule has 3 rings (SSSR count). The molecule has 0 spiro atoms. The van der Waals surface area contributed by atoms with Crippen LogP contribution in [0, 0.1) is 22.2 Å². The Morgan fingerprint density at radius 2 is 2.12 bits per heavy atom. The summed E-state index contributed by atoms with van der Waals surface area (Å²) in [7, 11) is 0. The maximum Gasteiger partial charge on any atom is 0.229 e. The lowest BCUT2D eigenvalue weighted by Crippen LogP contribution is -2.48. The standard InChI is InChI=1S/C19H25N3O2/c1-6-18(2,3)19(4,5)17(23)22-11-13-7-15(22)14-10-21-9-12(8-20)16(14)24-13/h9-10,13,15H,6-7,11H2,1-5H3/t13-,15-/m0/s1. The van der Waals surface area contributed by atoms with Crippen molar-refractivity contribution in [2.75, 3.05) is 6.54 Å². The van der Waals surface area contributed by atoms with E-state index in [1.807, 2.05) is 18.7 Å². The molecule has 128 valence electrons. The molecule has 2 atom stereocenters. The van der Waals surface area contributed by atoms with Crippen molar-refractivity contribution in [2.24, 2.45) is 10.8 Å². The normalized spacial score (nSPS) is 22.6. The summed E-state index contributed by atoms with van der Waals surface area (Å²) >= 11 is 0. The van der Waals surface area contributed by atoms with E-state index < -0.39 is 5.41 Å². The van der Waals surface area contributed by atoms with Crippen LogP contribution >= 0.6 is 0 Å². The van der Waals surface area contributed by atoms with Crippen molar-refractivity contribution in [3.8, 4) is 11.8 Å². The summed E-state index contributed by atoms with van der Waals surface area (Å²) in [5.41, 5.74) is 0.738. The fourth-order valence-electron chi connectivity index (χ4n) is 3.57. The Balaban J connectivity index is 1.98. The molecule has 2 aliphatic heterocycles. The first-order valence-corrected chi connectivity index (χ1v) is 8.58. The predicted octanol–water partition coefficient (Wildman–Crippen LogP) is 3.45. The molecule has 0 saturated carbocycles. The molecule has 1 amide bonds. The molecular formula is C19H25N3O2. The van der Waals surface area contributed by atoms with Crippen molar-refractivity contribution in [1.82, 2.24) is 9.88 Å². The SMILES string of the molecule is CCC(C)(C)C(C)(C)C(=O)N1C[C@@H]2C[C@H]1c1cncc(C#N)c1O2. The number of nitriles is 1. The van der Waals surface area contributed by atoms with Gasteiger partial charge in [-0.3, -0.25) is 9.78 Å². The Morgan fingerprint density at radius 3 is 2.75 bits per heavy atom. The Hall–Kier alpha value is -2.09. The van der Waals surface area contributed by atoms with Gasteiger partial charge < -0.3 is 9.64 Å². The molecule has 0 unspecified atom stereocenters. The highest BCUT2D eigenvalue weighted by Crippen LogP contribution is 2.49. The quantitative estimate of drug-likeness (QED) is 0.853. The summed E-state index contributed by atoms with van der Waals surface area (Å²) in [6, 6.07) is 2.10. The Bertz CT molecular complexity index is 718. The first-order chi connectivity index (χ1) is 11.2. The second kappa shape index (κ2) is 5.47. The van der Waals surface area contributed by atoms with E-state index in [2.05, 4.69) is 31.8 Å². The third kappa shape index (κ3) is 2.28. The van der Waals surface area contributed by atoms with E-state index >= 15 is 0 Å². The Morgan fingerprint density at radius 1 is 1.42 bits per heavy atom. The second-order valence-electron chi connectivity index (χ2n) is 8.03. The summed E-state index contributed by atoms with van der Waals surface area (Å²) in [6.45, 7) is 11.1. The molecule has 2 aliphatic rings. The molecule has 1 saturated heterocycles. The zero-order valence-electron chi connectivity index (χ0n) is 15.1. The summed E-state index contributed by atoms with van der Waals surface area (Å²) in [6.07, 6.45) is 4.93. The van der Waals surface area contributed by atoms with Gasteiger partial charge in [-0.1, -0.05) is 34.6 Å². The minimum Gasteiger partial charge on any atom is -0.487 e. The number of hydrogen-bond donors (Lipinski definition) is 0. The first kappa shape index (κ1) is 16.8. The topological polar surface area (TPSA) is 66.2 Å². The lowest BCUT2D eigenvalue weighted by Gasteiger charge is -2.43. The molecule has 0 radical (unpaired) electrons. The van der Waals surface area contributed by atoms with Crippen LogP contribution in [-0.2, 0) is 4.79 Å². The molecule has 5 nitrogen and oxygen atoms in total. The molecule has 0 aromatic carbocycles. The largest absolute Gasteiger partial charge is 0.487 e. The van der Waals surface area contributed by atoms with Crippen LogP contribution < -0.4 is 4.74 Å². The van der Waals surface area contributed by atoms with Gasteiger partial charge in [-0.15, -0.1) is 0 Å². The average Bonchev–Trinajstić information content (AvgIpc) is 2.91. The molecule has 5 heteroatoms. The van der Waals surface area contributed by atoms with Crippen LogP contribution in [0.15, 0.2) is 12.4 Å². The number of fused-ring (bicyclic) bond motifs is 4. The van der Waals surface area contributed by atoms with E-state index in [0.29, 0.717) is 17.9 Å². The van der Waals surface area contributed by atoms with E-state index in [-0.39, 0.29) is 23.5 Å². The Labute approximate surface area is 143 Å². The lowest BCUT2D eigenvalue weighted by atomic mass is 9.65. The van der Waals surface area contributed by atoms with Gasteiger partial charge in [0.15, 0.2) is 0 Å². The van der Waals surface area contributed by atoms with Gasteiger partial charge in [-0.05, 0) is 11.8 Å². The molecule has 0 aliphatic carbocycles. The fraction of sp³-hybridized carbons (Fsp3) is 0.632. The van der Waals surface area contributed by atoms with Gasteiger partial charge in [0.1, 0.15) is 23.5 Å². The smallest absolute Gasteiger partial charge is 0.229 e. The van der Waals surface area contributed by atoms with Gasteiger partial charge in [0.05, 0.1) is 12.6 Å². The minimum atomic E-state index is -0.473. The van der Waals surface area contributed by atoms with Crippen molar-refractivity contribution in [3.05, 3.63) is 23.5 Å². The van der Waals surface area contributed by atoms with Crippen LogP contribution in [0.1, 0.15) is 64.6 Å². The van der Waals surface area contributed by atoms with E-state index in [9.17, 15) is 10.1 Å². The first-order valence-electron chi connectivity index (χ1n) is 8.58. The molecule has 1 aromatic rings. The maximum absolute atomic E-state index is 13.4. The summed E-state index contributed by atoms with van der Waals surface area (Å²) < 4.78 is 5.99. The van der Waals surface area contributed by atoms with Gasteiger partial charge in [-0.2, -0.15) is 5.26 Å². The van der Waals surface area contributed by atoms with Gasteiger partial charge in [0, 0.05) is 29.8 Å². The van der Waals surface area contributed by atoms with Crippen LogP contribution in [0.4, 0.5) is 0 Å². The Kier molecular flexibility index (Phi) is 3.82. The molecule has 24 heavy (non-hydrogen) atoms. The van der Waals surface area contributed by atoms with Gasteiger partial charge in [-0.25, -0.2) is 0 Å². The van der Waals surface area contributed by atoms with Gasteiger partial charge in [0.2, 0.25) is 5.91 Å². The summed E-state index contributed by atoms with van der Waals surface area (Å²) in [4.78, 5) is 19.5. The number of aromatic nitrogens is 1. The minimum absolute atomic E-state index is 0.0403. The monoisotopic (exact) mass is 327 g/mol. The maximum atomic E-state index is 13.4.